The fourth-order valence-corrected chi connectivity index (χ4v) is 2.17. The molecule has 2 aromatic rings. The lowest BCUT2D eigenvalue weighted by Crippen LogP contribution is -2.10. The second-order valence-electron chi connectivity index (χ2n) is 4.24. The van der Waals surface area contributed by atoms with Gasteiger partial charge < -0.3 is 15.2 Å². The largest absolute Gasteiger partial charge is 0.496 e. The molecule has 0 saturated heterocycles. The fraction of sp³-hybridized carbons (Fsp3) is 0.133. The summed E-state index contributed by atoms with van der Waals surface area (Å²) in [6.07, 6.45) is 0. The van der Waals surface area contributed by atoms with Gasteiger partial charge in [0.2, 0.25) is 0 Å². The van der Waals surface area contributed by atoms with E-state index in [-0.39, 0.29) is 17.9 Å². The molecule has 2 aromatic carbocycles. The Morgan fingerprint density at radius 1 is 1.24 bits per heavy atom. The predicted molar refractivity (Wildman–Crippen MR) is 83.0 cm³/mol. The van der Waals surface area contributed by atoms with Crippen LogP contribution in [-0.4, -0.2) is 13.1 Å². The summed E-state index contributed by atoms with van der Waals surface area (Å²) >= 11 is 11.9. The Kier molecular flexibility index (Phi) is 4.94. The number of rotatable bonds is 4. The molecule has 110 valence electrons. The van der Waals surface area contributed by atoms with Crippen molar-refractivity contribution in [3.63, 3.8) is 0 Å². The first-order valence-electron chi connectivity index (χ1n) is 6.06. The van der Waals surface area contributed by atoms with E-state index in [4.69, 9.17) is 38.4 Å². The van der Waals surface area contributed by atoms with Gasteiger partial charge in [-0.05, 0) is 30.3 Å². The fourth-order valence-electron chi connectivity index (χ4n) is 1.81. The Balaban J connectivity index is 2.17. The molecule has 2 N–H and O–H groups in total. The molecule has 0 fully saturated rings. The predicted octanol–water partition coefficient (Wildman–Crippen LogP) is 3.94. The molecule has 0 saturated carbocycles. The van der Waals surface area contributed by atoms with Gasteiger partial charge >= 0.3 is 5.97 Å². The van der Waals surface area contributed by atoms with Crippen LogP contribution >= 0.6 is 23.2 Å². The molecule has 0 amide bonds. The lowest BCUT2D eigenvalue weighted by atomic mass is 10.1. The van der Waals surface area contributed by atoms with E-state index in [2.05, 4.69) is 0 Å². The highest BCUT2D eigenvalue weighted by Crippen LogP contribution is 2.26. The second-order valence-corrected chi connectivity index (χ2v) is 5.08. The van der Waals surface area contributed by atoms with Crippen LogP contribution in [0.15, 0.2) is 36.4 Å². The third-order valence-corrected chi connectivity index (χ3v) is 3.45. The third kappa shape index (κ3) is 3.60. The van der Waals surface area contributed by atoms with E-state index in [1.54, 1.807) is 36.4 Å². The van der Waals surface area contributed by atoms with Crippen molar-refractivity contribution in [1.29, 1.82) is 0 Å². The quantitative estimate of drug-likeness (QED) is 0.683. The number of anilines is 1. The number of hydrogen-bond acceptors (Lipinski definition) is 4. The van der Waals surface area contributed by atoms with Crippen LogP contribution in [0.3, 0.4) is 0 Å². The molecular formula is C15H13Cl2NO3. The molecule has 0 radical (unpaired) electrons. The van der Waals surface area contributed by atoms with Crippen molar-refractivity contribution in [2.45, 2.75) is 6.61 Å². The van der Waals surface area contributed by atoms with Gasteiger partial charge in [0.1, 0.15) is 17.9 Å². The molecule has 0 aliphatic rings. The van der Waals surface area contributed by atoms with Crippen molar-refractivity contribution in [2.75, 3.05) is 12.8 Å². The Morgan fingerprint density at radius 2 is 2.00 bits per heavy atom. The summed E-state index contributed by atoms with van der Waals surface area (Å²) in [4.78, 5) is 12.2. The molecule has 0 aliphatic carbocycles. The maximum Gasteiger partial charge on any atom is 0.344 e. The van der Waals surface area contributed by atoms with Gasteiger partial charge in [0.25, 0.3) is 0 Å². The Labute approximate surface area is 132 Å². The van der Waals surface area contributed by atoms with Crippen LogP contribution in [0.4, 0.5) is 5.69 Å². The van der Waals surface area contributed by atoms with Crippen LogP contribution in [0.25, 0.3) is 0 Å². The molecule has 0 atom stereocenters. The zero-order chi connectivity index (χ0) is 15.4. The summed E-state index contributed by atoms with van der Waals surface area (Å²) in [5, 5.41) is 0.988. The number of hydrogen-bond donors (Lipinski definition) is 1. The molecular weight excluding hydrogens is 313 g/mol. The first kappa shape index (κ1) is 15.5. The summed E-state index contributed by atoms with van der Waals surface area (Å²) in [7, 11) is 1.46. The number of halogens is 2. The van der Waals surface area contributed by atoms with Crippen LogP contribution in [0.2, 0.25) is 10.0 Å². The normalized spacial score (nSPS) is 10.2. The Morgan fingerprint density at radius 3 is 2.71 bits per heavy atom. The van der Waals surface area contributed by atoms with E-state index in [9.17, 15) is 4.79 Å². The first-order valence-corrected chi connectivity index (χ1v) is 6.82. The number of nitrogen functional groups attached to an aromatic ring is 1. The van der Waals surface area contributed by atoms with Crippen LogP contribution < -0.4 is 10.5 Å². The lowest BCUT2D eigenvalue weighted by Gasteiger charge is -2.11. The van der Waals surface area contributed by atoms with E-state index in [1.165, 1.54) is 7.11 Å². The van der Waals surface area contributed by atoms with Crippen molar-refractivity contribution < 1.29 is 14.3 Å². The molecule has 21 heavy (non-hydrogen) atoms. The first-order chi connectivity index (χ1) is 10.0. The van der Waals surface area contributed by atoms with Crippen LogP contribution in [0, 0.1) is 0 Å². The van der Waals surface area contributed by atoms with Gasteiger partial charge in [-0.2, -0.15) is 0 Å². The van der Waals surface area contributed by atoms with Crippen molar-refractivity contribution in [1.82, 2.24) is 0 Å². The third-order valence-electron chi connectivity index (χ3n) is 2.85. The molecule has 0 spiro atoms. The lowest BCUT2D eigenvalue weighted by molar-refractivity contribution is 0.0470. The molecule has 0 aromatic heterocycles. The number of ether oxygens (including phenoxy) is 2. The average Bonchev–Trinajstić information content (AvgIpc) is 2.47. The molecule has 0 bridgehead atoms. The SMILES string of the molecule is COc1cccc(N)c1C(=O)OCc1cc(Cl)ccc1Cl. The van der Waals surface area contributed by atoms with Gasteiger partial charge in [-0.3, -0.25) is 0 Å². The van der Waals surface area contributed by atoms with Crippen LogP contribution in [0.1, 0.15) is 15.9 Å². The van der Waals surface area contributed by atoms with E-state index in [0.717, 1.165) is 0 Å². The highest BCUT2D eigenvalue weighted by molar-refractivity contribution is 6.33. The Bertz CT molecular complexity index is 674. The average molecular weight is 326 g/mol. The summed E-state index contributed by atoms with van der Waals surface area (Å²) in [5.41, 5.74) is 6.89. The highest BCUT2D eigenvalue weighted by Gasteiger charge is 2.17. The Hall–Kier alpha value is -1.91. The molecule has 4 nitrogen and oxygen atoms in total. The zero-order valence-electron chi connectivity index (χ0n) is 11.2. The number of esters is 1. The molecule has 2 rings (SSSR count). The minimum absolute atomic E-state index is 0.00425. The summed E-state index contributed by atoms with van der Waals surface area (Å²) in [6, 6.07) is 9.88. The van der Waals surface area contributed by atoms with Gasteiger partial charge in [-0.1, -0.05) is 29.3 Å². The molecule has 0 unspecified atom stereocenters. The van der Waals surface area contributed by atoms with E-state index < -0.39 is 5.97 Å². The van der Waals surface area contributed by atoms with Gasteiger partial charge in [0.15, 0.2) is 0 Å². The standard InChI is InChI=1S/C15H13Cl2NO3/c1-20-13-4-2-3-12(18)14(13)15(19)21-8-9-7-10(16)5-6-11(9)17/h2-7H,8,18H2,1H3. The minimum atomic E-state index is -0.582. The van der Waals surface area contributed by atoms with Crippen LogP contribution in [0.5, 0.6) is 5.75 Å². The summed E-state index contributed by atoms with van der Waals surface area (Å²) < 4.78 is 10.3. The van der Waals surface area contributed by atoms with Crippen molar-refractivity contribution in [3.8, 4) is 5.75 Å². The molecule has 0 heterocycles. The van der Waals surface area contributed by atoms with Crippen LogP contribution in [-0.2, 0) is 11.3 Å². The van der Waals surface area contributed by atoms with Crippen molar-refractivity contribution >= 4 is 34.9 Å². The van der Waals surface area contributed by atoms with E-state index in [1.807, 2.05) is 0 Å². The number of methoxy groups -OCH3 is 1. The number of benzene rings is 2. The van der Waals surface area contributed by atoms with Gasteiger partial charge in [-0.25, -0.2) is 4.79 Å². The van der Waals surface area contributed by atoms with Gasteiger partial charge in [-0.15, -0.1) is 0 Å². The smallest absolute Gasteiger partial charge is 0.344 e. The second kappa shape index (κ2) is 6.70. The molecule has 6 heteroatoms. The number of carbonyl (C=O) groups excluding carboxylic acids is 1. The minimum Gasteiger partial charge on any atom is -0.496 e. The topological polar surface area (TPSA) is 61.5 Å². The maximum absolute atomic E-state index is 12.2. The molecule has 0 aliphatic heterocycles. The van der Waals surface area contributed by atoms with Crippen molar-refractivity contribution in [3.05, 3.63) is 57.6 Å². The summed E-state index contributed by atoms with van der Waals surface area (Å²) in [6.45, 7) is -0.00425. The van der Waals surface area contributed by atoms with E-state index >= 15 is 0 Å². The summed E-state index contributed by atoms with van der Waals surface area (Å²) in [5.74, 6) is -0.224. The maximum atomic E-state index is 12.2. The monoisotopic (exact) mass is 325 g/mol. The van der Waals surface area contributed by atoms with E-state index in [0.29, 0.717) is 21.4 Å². The van der Waals surface area contributed by atoms with Gasteiger partial charge in [0, 0.05) is 21.3 Å². The highest BCUT2D eigenvalue weighted by atomic mass is 35.5. The number of carbonyl (C=O) groups is 1. The number of nitrogens with two attached hydrogens (primary N) is 1. The van der Waals surface area contributed by atoms with Crippen molar-refractivity contribution in [2.24, 2.45) is 0 Å². The van der Waals surface area contributed by atoms with Gasteiger partial charge in [0.05, 0.1) is 7.11 Å². The zero-order valence-corrected chi connectivity index (χ0v) is 12.7.